The maximum absolute atomic E-state index is 12.9. The van der Waals surface area contributed by atoms with Crippen molar-refractivity contribution in [2.75, 3.05) is 7.11 Å². The molecule has 0 heterocycles. The molecule has 1 aromatic rings. The Balaban J connectivity index is 2.53. The molecule has 0 amide bonds. The van der Waals surface area contributed by atoms with Crippen LogP contribution in [0.3, 0.4) is 0 Å². The summed E-state index contributed by atoms with van der Waals surface area (Å²) in [5.74, 6) is 0.483. The molecule has 0 unspecified atom stereocenters. The van der Waals surface area contributed by atoms with Crippen LogP contribution in [0.5, 0.6) is 5.75 Å². The number of carbonyl (C=O) groups excluding carboxylic acids is 1. The van der Waals surface area contributed by atoms with E-state index < -0.39 is 12.0 Å². The van der Waals surface area contributed by atoms with E-state index in [0.29, 0.717) is 24.2 Å². The number of rotatable bonds is 4. The number of methoxy groups -OCH3 is 1. The molecule has 0 spiro atoms. The van der Waals surface area contributed by atoms with Gasteiger partial charge in [-0.05, 0) is 36.6 Å². The standard InChI is InChI=1S/C12H11F2NO2/c1-17-8-2-3-9(11(13)14)10(6-8)12(4-5-12)15-7-16/h2-3,6,11H,4-5H2,1H3. The molecule has 1 aliphatic carbocycles. The lowest BCUT2D eigenvalue weighted by Gasteiger charge is -2.15. The normalized spacial score (nSPS) is 16.5. The molecular weight excluding hydrogens is 228 g/mol. The third-order valence-electron chi connectivity index (χ3n) is 2.98. The summed E-state index contributed by atoms with van der Waals surface area (Å²) < 4.78 is 30.8. The largest absolute Gasteiger partial charge is 0.497 e. The van der Waals surface area contributed by atoms with Crippen LogP contribution >= 0.6 is 0 Å². The third-order valence-corrected chi connectivity index (χ3v) is 2.98. The van der Waals surface area contributed by atoms with Crippen LogP contribution in [0.2, 0.25) is 0 Å². The minimum absolute atomic E-state index is 0.0951. The number of aliphatic imine (C=N–C) groups is 1. The molecule has 1 aromatic carbocycles. The van der Waals surface area contributed by atoms with Gasteiger partial charge in [-0.2, -0.15) is 4.99 Å². The van der Waals surface area contributed by atoms with Gasteiger partial charge >= 0.3 is 0 Å². The van der Waals surface area contributed by atoms with Gasteiger partial charge in [0.05, 0.1) is 12.6 Å². The Bertz CT molecular complexity index is 477. The van der Waals surface area contributed by atoms with Crippen LogP contribution < -0.4 is 4.74 Å². The molecule has 0 saturated heterocycles. The maximum atomic E-state index is 12.9. The Hall–Kier alpha value is -1.74. The van der Waals surface area contributed by atoms with Crippen LogP contribution in [0.15, 0.2) is 23.2 Å². The molecule has 1 aliphatic rings. The van der Waals surface area contributed by atoms with Gasteiger partial charge in [0.25, 0.3) is 6.43 Å². The van der Waals surface area contributed by atoms with Crippen LogP contribution in [0.4, 0.5) is 8.78 Å². The first-order valence-electron chi connectivity index (χ1n) is 5.18. The number of alkyl halides is 2. The van der Waals surface area contributed by atoms with E-state index in [0.717, 1.165) is 0 Å². The number of hydrogen-bond acceptors (Lipinski definition) is 3. The Labute approximate surface area is 97.1 Å². The lowest BCUT2D eigenvalue weighted by molar-refractivity contribution is 0.149. The van der Waals surface area contributed by atoms with Gasteiger partial charge in [-0.25, -0.2) is 13.6 Å². The first-order valence-corrected chi connectivity index (χ1v) is 5.18. The highest BCUT2D eigenvalue weighted by atomic mass is 19.3. The molecule has 3 nitrogen and oxygen atoms in total. The zero-order valence-electron chi connectivity index (χ0n) is 9.24. The fourth-order valence-corrected chi connectivity index (χ4v) is 1.90. The Morgan fingerprint density at radius 1 is 1.47 bits per heavy atom. The molecule has 1 fully saturated rings. The number of halogens is 2. The van der Waals surface area contributed by atoms with Gasteiger partial charge in [0.2, 0.25) is 6.08 Å². The van der Waals surface area contributed by atoms with Crippen molar-refractivity contribution < 1.29 is 18.3 Å². The van der Waals surface area contributed by atoms with Crippen LogP contribution in [0.25, 0.3) is 0 Å². The minimum atomic E-state index is -2.59. The first kappa shape index (κ1) is 11.7. The molecule has 0 N–H and O–H groups in total. The van der Waals surface area contributed by atoms with E-state index in [1.807, 2.05) is 0 Å². The summed E-state index contributed by atoms with van der Waals surface area (Å²) in [6, 6.07) is 4.32. The van der Waals surface area contributed by atoms with Crippen molar-refractivity contribution >= 4 is 6.08 Å². The second-order valence-corrected chi connectivity index (χ2v) is 3.99. The second-order valence-electron chi connectivity index (χ2n) is 3.99. The van der Waals surface area contributed by atoms with Crippen LogP contribution in [0, 0.1) is 0 Å². The number of isocyanates is 1. The molecular formula is C12H11F2NO2. The molecule has 5 heteroatoms. The summed E-state index contributed by atoms with van der Waals surface area (Å²) in [7, 11) is 1.46. The van der Waals surface area contributed by atoms with E-state index in [4.69, 9.17) is 4.74 Å². The lowest BCUT2D eigenvalue weighted by Crippen LogP contribution is -2.07. The zero-order chi connectivity index (χ0) is 12.5. The van der Waals surface area contributed by atoms with E-state index >= 15 is 0 Å². The Kier molecular flexibility index (Phi) is 2.94. The number of hydrogen-bond donors (Lipinski definition) is 0. The van der Waals surface area contributed by atoms with Crippen molar-refractivity contribution in [2.45, 2.75) is 24.8 Å². The van der Waals surface area contributed by atoms with Crippen molar-refractivity contribution in [3.63, 3.8) is 0 Å². The smallest absolute Gasteiger partial charge is 0.264 e. The molecule has 17 heavy (non-hydrogen) atoms. The van der Waals surface area contributed by atoms with Gasteiger partial charge in [0.15, 0.2) is 0 Å². The molecule has 0 aromatic heterocycles. The van der Waals surface area contributed by atoms with Crippen molar-refractivity contribution in [1.82, 2.24) is 0 Å². The van der Waals surface area contributed by atoms with Crippen LogP contribution in [-0.2, 0) is 10.3 Å². The summed E-state index contributed by atoms with van der Waals surface area (Å²) >= 11 is 0. The molecule has 1 saturated carbocycles. The minimum Gasteiger partial charge on any atom is -0.497 e. The molecule has 0 radical (unpaired) electrons. The van der Waals surface area contributed by atoms with Crippen molar-refractivity contribution in [3.05, 3.63) is 29.3 Å². The van der Waals surface area contributed by atoms with Gasteiger partial charge in [-0.3, -0.25) is 0 Å². The third kappa shape index (κ3) is 2.06. The summed E-state index contributed by atoms with van der Waals surface area (Å²) in [6.45, 7) is 0. The Morgan fingerprint density at radius 2 is 2.18 bits per heavy atom. The Morgan fingerprint density at radius 3 is 2.65 bits per heavy atom. The topological polar surface area (TPSA) is 38.7 Å². The first-order chi connectivity index (χ1) is 8.13. The van der Waals surface area contributed by atoms with Crippen molar-refractivity contribution in [3.8, 4) is 5.75 Å². The van der Waals surface area contributed by atoms with Crippen LogP contribution in [-0.4, -0.2) is 13.2 Å². The SMILES string of the molecule is COc1ccc(C(F)F)c(C2(N=C=O)CC2)c1. The number of benzene rings is 1. The maximum Gasteiger partial charge on any atom is 0.264 e. The predicted molar refractivity (Wildman–Crippen MR) is 57.0 cm³/mol. The molecule has 0 aliphatic heterocycles. The fourth-order valence-electron chi connectivity index (χ4n) is 1.90. The highest BCUT2D eigenvalue weighted by Gasteiger charge is 2.47. The second kappa shape index (κ2) is 4.26. The highest BCUT2D eigenvalue weighted by Crippen LogP contribution is 2.52. The van der Waals surface area contributed by atoms with E-state index in [-0.39, 0.29) is 5.56 Å². The number of ether oxygens (including phenoxy) is 1. The van der Waals surface area contributed by atoms with E-state index in [1.54, 1.807) is 0 Å². The quantitative estimate of drug-likeness (QED) is 0.598. The van der Waals surface area contributed by atoms with Gasteiger partial charge in [-0.1, -0.05) is 0 Å². The van der Waals surface area contributed by atoms with Crippen LogP contribution in [0.1, 0.15) is 30.4 Å². The lowest BCUT2D eigenvalue weighted by atomic mass is 9.98. The molecule has 0 bridgehead atoms. The van der Waals surface area contributed by atoms with E-state index in [1.165, 1.54) is 31.4 Å². The van der Waals surface area contributed by atoms with Crippen molar-refractivity contribution in [1.29, 1.82) is 0 Å². The summed E-state index contributed by atoms with van der Waals surface area (Å²) in [5, 5.41) is 0. The highest BCUT2D eigenvalue weighted by molar-refractivity contribution is 5.47. The summed E-state index contributed by atoms with van der Waals surface area (Å²) in [4.78, 5) is 14.0. The molecule has 0 atom stereocenters. The average Bonchev–Trinajstić information content (AvgIpc) is 3.09. The van der Waals surface area contributed by atoms with Crippen molar-refractivity contribution in [2.24, 2.45) is 4.99 Å². The summed E-state index contributed by atoms with van der Waals surface area (Å²) in [6.07, 6.45) is 0.0589. The average molecular weight is 239 g/mol. The number of nitrogens with zero attached hydrogens (tertiary/aromatic N) is 1. The fraction of sp³-hybridized carbons (Fsp3) is 0.417. The summed E-state index contributed by atoms with van der Waals surface area (Å²) in [5.41, 5.74) is -0.528. The monoisotopic (exact) mass is 239 g/mol. The van der Waals surface area contributed by atoms with E-state index in [9.17, 15) is 13.6 Å². The van der Waals surface area contributed by atoms with Gasteiger partial charge in [-0.15, -0.1) is 0 Å². The predicted octanol–water partition coefficient (Wildman–Crippen LogP) is 2.96. The van der Waals surface area contributed by atoms with Gasteiger partial charge in [0, 0.05) is 5.56 Å². The van der Waals surface area contributed by atoms with Gasteiger partial charge in [0.1, 0.15) is 5.75 Å². The molecule has 2 rings (SSSR count). The van der Waals surface area contributed by atoms with Gasteiger partial charge < -0.3 is 4.74 Å². The molecule has 90 valence electrons. The van der Waals surface area contributed by atoms with E-state index in [2.05, 4.69) is 4.99 Å². The zero-order valence-corrected chi connectivity index (χ0v) is 9.24.